The molecule has 0 aliphatic rings. The van der Waals surface area contributed by atoms with Gasteiger partial charge in [-0.25, -0.2) is 4.76 Å². The Balaban J connectivity index is 2.16. The average Bonchev–Trinajstić information content (AvgIpc) is 2.63. The molecule has 0 heterocycles. The van der Waals surface area contributed by atoms with Crippen molar-refractivity contribution in [1.82, 2.24) is 0 Å². The molecule has 24 heavy (non-hydrogen) atoms. The highest BCUT2D eigenvalue weighted by Crippen LogP contribution is 2.46. The highest BCUT2D eigenvalue weighted by Gasteiger charge is 2.21. The van der Waals surface area contributed by atoms with E-state index in [1.807, 2.05) is 55.5 Å². The minimum atomic E-state index is -2.25. The second kappa shape index (κ2) is 7.57. The predicted molar refractivity (Wildman–Crippen MR) is 113 cm³/mol. The number of halogens is 1. The van der Waals surface area contributed by atoms with E-state index in [9.17, 15) is 0 Å². The van der Waals surface area contributed by atoms with Crippen molar-refractivity contribution < 1.29 is 0 Å². The van der Waals surface area contributed by atoms with Gasteiger partial charge in [0, 0.05) is 20.8 Å². The molecule has 0 aromatic heterocycles. The smallest absolute Gasteiger partial charge is 0.113 e. The van der Waals surface area contributed by atoms with Crippen LogP contribution in [0.25, 0.3) is 0 Å². The van der Waals surface area contributed by atoms with E-state index in [-0.39, 0.29) is 0 Å². The zero-order valence-electron chi connectivity index (χ0n) is 13.3. The molecule has 0 N–H and O–H groups in total. The molecule has 3 rings (SSSR count). The molecular formula is C20H17BrNPS. The van der Waals surface area contributed by atoms with Gasteiger partial charge in [0.1, 0.15) is 6.19 Å². The zero-order valence-corrected chi connectivity index (χ0v) is 16.6. The summed E-state index contributed by atoms with van der Waals surface area (Å²) in [5.41, 5.74) is 2.05. The lowest BCUT2D eigenvalue weighted by Gasteiger charge is -2.20. The Hall–Kier alpha value is -1.54. The molecular weight excluding hydrogens is 397 g/mol. The summed E-state index contributed by atoms with van der Waals surface area (Å²) < 4.78 is 6.13. The fourth-order valence-electron chi connectivity index (χ4n) is 2.51. The summed E-state index contributed by atoms with van der Waals surface area (Å²) in [6, 6.07) is 28.7. The third-order valence-corrected chi connectivity index (χ3v) is 8.33. The monoisotopic (exact) mass is 413 g/mol. The van der Waals surface area contributed by atoms with E-state index in [1.165, 1.54) is 0 Å². The molecule has 0 radical (unpaired) electrons. The second-order valence-corrected chi connectivity index (χ2v) is 10.3. The Bertz CT molecular complexity index is 864. The van der Waals surface area contributed by atoms with Crippen LogP contribution in [0.4, 0.5) is 0 Å². The van der Waals surface area contributed by atoms with Crippen molar-refractivity contribution in [3.05, 3.63) is 95.0 Å². The van der Waals surface area contributed by atoms with Crippen molar-refractivity contribution >= 4 is 50.2 Å². The second-order valence-electron chi connectivity index (χ2n) is 5.44. The molecule has 0 aliphatic heterocycles. The normalized spacial score (nSPS) is 12.2. The van der Waals surface area contributed by atoms with Gasteiger partial charge in [-0.2, -0.15) is 0 Å². The Morgan fingerprint density at radius 1 is 0.833 bits per heavy atom. The molecule has 0 saturated heterocycles. The molecule has 3 aromatic rings. The van der Waals surface area contributed by atoms with Gasteiger partial charge in [-0.3, -0.25) is 0 Å². The van der Waals surface area contributed by atoms with Crippen molar-refractivity contribution in [2.45, 2.75) is 6.92 Å². The maximum absolute atomic E-state index is 6.16. The number of nitrogens with zero attached hydrogens (tertiary/aromatic N) is 1. The van der Waals surface area contributed by atoms with E-state index < -0.39 is 6.19 Å². The quantitative estimate of drug-likeness (QED) is 0.417. The van der Waals surface area contributed by atoms with Crippen molar-refractivity contribution in [3.8, 4) is 0 Å². The lowest BCUT2D eigenvalue weighted by atomic mass is 10.1. The van der Waals surface area contributed by atoms with Crippen molar-refractivity contribution in [1.29, 1.82) is 0 Å². The first-order valence-corrected chi connectivity index (χ1v) is 11.2. The maximum atomic E-state index is 6.16. The third-order valence-electron chi connectivity index (χ3n) is 3.75. The first kappa shape index (κ1) is 17.3. The van der Waals surface area contributed by atoms with Crippen LogP contribution in [0.3, 0.4) is 0 Å². The highest BCUT2D eigenvalue weighted by molar-refractivity contribution is 9.10. The van der Waals surface area contributed by atoms with Crippen LogP contribution in [0.1, 0.15) is 12.5 Å². The first-order valence-electron chi connectivity index (χ1n) is 7.64. The molecule has 1 nitrogen and oxygen atoms in total. The summed E-state index contributed by atoms with van der Waals surface area (Å²) >= 11 is 9.68. The molecule has 0 atom stereocenters. The SMILES string of the molecule is C/C(=N\P(=S)(c1ccccc1)c1ccccc1)c1cccc(Br)c1. The Morgan fingerprint density at radius 3 is 1.88 bits per heavy atom. The molecule has 4 heteroatoms. The van der Waals surface area contributed by atoms with Crippen LogP contribution in [0.15, 0.2) is 94.2 Å². The molecule has 0 fully saturated rings. The fraction of sp³-hybridized carbons (Fsp3) is 0.0500. The van der Waals surface area contributed by atoms with Gasteiger partial charge in [-0.15, -0.1) is 0 Å². The van der Waals surface area contributed by atoms with Gasteiger partial charge in [0.15, 0.2) is 0 Å². The molecule has 120 valence electrons. The van der Waals surface area contributed by atoms with E-state index in [0.717, 1.165) is 26.4 Å². The van der Waals surface area contributed by atoms with Gasteiger partial charge in [-0.05, 0) is 24.6 Å². The lowest BCUT2D eigenvalue weighted by molar-refractivity contribution is 1.56. The molecule has 3 aromatic carbocycles. The lowest BCUT2D eigenvalue weighted by Crippen LogP contribution is -2.15. The average molecular weight is 414 g/mol. The fourth-order valence-corrected chi connectivity index (χ4v) is 6.22. The van der Waals surface area contributed by atoms with Crippen LogP contribution in [0, 0.1) is 0 Å². The van der Waals surface area contributed by atoms with E-state index in [4.69, 9.17) is 16.6 Å². The summed E-state index contributed by atoms with van der Waals surface area (Å²) in [7, 11) is 0. The highest BCUT2D eigenvalue weighted by atomic mass is 79.9. The van der Waals surface area contributed by atoms with Crippen LogP contribution >= 0.6 is 22.1 Å². The Labute approximate surface area is 156 Å². The van der Waals surface area contributed by atoms with E-state index in [2.05, 4.69) is 52.3 Å². The van der Waals surface area contributed by atoms with E-state index >= 15 is 0 Å². The largest absolute Gasteiger partial charge is 0.247 e. The summed E-state index contributed by atoms with van der Waals surface area (Å²) in [4.78, 5) is 0. The van der Waals surface area contributed by atoms with Crippen LogP contribution in [-0.2, 0) is 11.8 Å². The summed E-state index contributed by atoms with van der Waals surface area (Å²) in [6.45, 7) is 2.04. The standard InChI is InChI=1S/C20H17BrNPS/c1-16(17-9-8-10-18(21)15-17)22-23(24,19-11-4-2-5-12-19)20-13-6-3-7-14-20/h2-15H,1H3/b22-16+. The summed E-state index contributed by atoms with van der Waals surface area (Å²) in [6.07, 6.45) is -2.25. The van der Waals surface area contributed by atoms with E-state index in [0.29, 0.717) is 0 Å². The zero-order chi connectivity index (χ0) is 17.0. The van der Waals surface area contributed by atoms with Crippen LogP contribution < -0.4 is 10.6 Å². The Morgan fingerprint density at radius 2 is 1.38 bits per heavy atom. The molecule has 0 bridgehead atoms. The summed E-state index contributed by atoms with van der Waals surface area (Å²) in [5.74, 6) is 0. The van der Waals surface area contributed by atoms with Gasteiger partial charge in [0.05, 0.1) is 0 Å². The number of benzene rings is 3. The van der Waals surface area contributed by atoms with Gasteiger partial charge in [-0.1, -0.05) is 101 Å². The minimum absolute atomic E-state index is 0.965. The molecule has 0 unspecified atom stereocenters. The minimum Gasteiger partial charge on any atom is -0.247 e. The van der Waals surface area contributed by atoms with Crippen molar-refractivity contribution in [2.75, 3.05) is 0 Å². The first-order chi connectivity index (χ1) is 11.6. The maximum Gasteiger partial charge on any atom is 0.113 e. The molecule has 0 aliphatic carbocycles. The van der Waals surface area contributed by atoms with Gasteiger partial charge in [0.2, 0.25) is 0 Å². The topological polar surface area (TPSA) is 12.4 Å². The number of rotatable bonds is 4. The summed E-state index contributed by atoms with van der Waals surface area (Å²) in [5, 5.41) is 2.22. The van der Waals surface area contributed by atoms with Crippen molar-refractivity contribution in [2.24, 2.45) is 4.76 Å². The third kappa shape index (κ3) is 3.75. The van der Waals surface area contributed by atoms with Crippen LogP contribution in [0.5, 0.6) is 0 Å². The van der Waals surface area contributed by atoms with Crippen LogP contribution in [-0.4, -0.2) is 5.71 Å². The number of hydrogen-bond donors (Lipinski definition) is 0. The van der Waals surface area contributed by atoms with Gasteiger partial charge >= 0.3 is 0 Å². The molecule has 0 amide bonds. The number of hydrogen-bond acceptors (Lipinski definition) is 1. The Kier molecular flexibility index (Phi) is 5.45. The van der Waals surface area contributed by atoms with Gasteiger partial charge < -0.3 is 0 Å². The van der Waals surface area contributed by atoms with Gasteiger partial charge in [0.25, 0.3) is 0 Å². The molecule has 0 saturated carbocycles. The predicted octanol–water partition coefficient (Wildman–Crippen LogP) is 5.30. The van der Waals surface area contributed by atoms with Crippen LogP contribution in [0.2, 0.25) is 0 Å². The molecule has 0 spiro atoms. The van der Waals surface area contributed by atoms with Crippen molar-refractivity contribution in [3.63, 3.8) is 0 Å². The van der Waals surface area contributed by atoms with E-state index in [1.54, 1.807) is 0 Å².